The van der Waals surface area contributed by atoms with E-state index in [0.29, 0.717) is 11.3 Å². The molecule has 1 aliphatic heterocycles. The van der Waals surface area contributed by atoms with Crippen molar-refractivity contribution >= 4 is 39.1 Å². The van der Waals surface area contributed by atoms with Crippen molar-refractivity contribution in [3.8, 4) is 0 Å². The van der Waals surface area contributed by atoms with Crippen LogP contribution in [0.4, 0.5) is 5.69 Å². The predicted molar refractivity (Wildman–Crippen MR) is 112 cm³/mol. The van der Waals surface area contributed by atoms with Crippen LogP contribution in [-0.4, -0.2) is 16.8 Å². The molecule has 0 radical (unpaired) electrons. The number of anilines is 1. The van der Waals surface area contributed by atoms with Gasteiger partial charge in [-0.3, -0.25) is 14.5 Å². The first kappa shape index (κ1) is 18.2. The molecule has 1 unspecified atom stereocenters. The first-order valence-electron chi connectivity index (χ1n) is 8.75. The topological polar surface area (TPSA) is 57.6 Å². The molecule has 4 nitrogen and oxygen atoms in total. The molecule has 28 heavy (non-hydrogen) atoms. The van der Waals surface area contributed by atoms with Crippen LogP contribution >= 0.6 is 15.9 Å². The van der Waals surface area contributed by atoms with Crippen LogP contribution in [0.25, 0.3) is 5.76 Å². The average molecular weight is 434 g/mol. The molecule has 3 aromatic rings. The van der Waals surface area contributed by atoms with Crippen molar-refractivity contribution in [2.45, 2.75) is 6.04 Å². The van der Waals surface area contributed by atoms with E-state index < -0.39 is 17.7 Å². The minimum Gasteiger partial charge on any atom is -0.507 e. The maximum absolute atomic E-state index is 12.9. The van der Waals surface area contributed by atoms with E-state index in [0.717, 1.165) is 10.0 Å². The van der Waals surface area contributed by atoms with Gasteiger partial charge < -0.3 is 5.11 Å². The van der Waals surface area contributed by atoms with Crippen LogP contribution in [0.2, 0.25) is 0 Å². The summed E-state index contributed by atoms with van der Waals surface area (Å²) in [6, 6.07) is 24.6. The van der Waals surface area contributed by atoms with Crippen LogP contribution in [0.5, 0.6) is 0 Å². The third kappa shape index (κ3) is 3.14. The van der Waals surface area contributed by atoms with Gasteiger partial charge in [0.2, 0.25) is 0 Å². The van der Waals surface area contributed by atoms with E-state index in [-0.39, 0.29) is 11.3 Å². The van der Waals surface area contributed by atoms with Gasteiger partial charge >= 0.3 is 0 Å². The van der Waals surface area contributed by atoms with Gasteiger partial charge in [-0.1, -0.05) is 76.6 Å². The number of hydrogen-bond donors (Lipinski definition) is 1. The van der Waals surface area contributed by atoms with Gasteiger partial charge in [-0.15, -0.1) is 0 Å². The van der Waals surface area contributed by atoms with Gasteiger partial charge in [0.05, 0.1) is 11.6 Å². The Hall–Kier alpha value is -3.18. The van der Waals surface area contributed by atoms with Crippen LogP contribution in [0, 0.1) is 0 Å². The largest absolute Gasteiger partial charge is 0.507 e. The second kappa shape index (κ2) is 7.44. The highest BCUT2D eigenvalue weighted by molar-refractivity contribution is 9.10. The third-order valence-electron chi connectivity index (χ3n) is 4.71. The molecule has 5 heteroatoms. The van der Waals surface area contributed by atoms with E-state index in [1.807, 2.05) is 48.5 Å². The lowest BCUT2D eigenvalue weighted by atomic mass is 9.95. The number of halogens is 1. The molecule has 0 spiro atoms. The molecule has 0 aliphatic carbocycles. The molecular formula is C23H16BrNO3. The molecule has 3 aromatic carbocycles. The Kier molecular flexibility index (Phi) is 4.84. The maximum Gasteiger partial charge on any atom is 0.300 e. The number of rotatable bonds is 3. The minimum atomic E-state index is -0.702. The van der Waals surface area contributed by atoms with E-state index >= 15 is 0 Å². The molecule has 138 valence electrons. The number of carbonyl (C=O) groups is 2. The molecule has 1 saturated heterocycles. The zero-order chi connectivity index (χ0) is 19.7. The monoisotopic (exact) mass is 433 g/mol. The van der Waals surface area contributed by atoms with Crippen molar-refractivity contribution in [3.05, 3.63) is 106 Å². The molecule has 1 aliphatic rings. The Morgan fingerprint density at radius 1 is 0.821 bits per heavy atom. The molecular weight excluding hydrogens is 418 g/mol. The smallest absolute Gasteiger partial charge is 0.300 e. The van der Waals surface area contributed by atoms with Gasteiger partial charge in [0.1, 0.15) is 5.76 Å². The summed E-state index contributed by atoms with van der Waals surface area (Å²) in [6.07, 6.45) is 0. The summed E-state index contributed by atoms with van der Waals surface area (Å²) < 4.78 is 0.855. The van der Waals surface area contributed by atoms with Crippen LogP contribution < -0.4 is 4.90 Å². The molecule has 1 atom stereocenters. The number of hydrogen-bond acceptors (Lipinski definition) is 3. The molecule has 0 saturated carbocycles. The lowest BCUT2D eigenvalue weighted by Gasteiger charge is -2.25. The van der Waals surface area contributed by atoms with Crippen LogP contribution in [0.3, 0.4) is 0 Å². The van der Waals surface area contributed by atoms with Gasteiger partial charge in [-0.05, 0) is 29.8 Å². The maximum atomic E-state index is 12.9. The summed E-state index contributed by atoms with van der Waals surface area (Å²) in [7, 11) is 0. The second-order valence-corrected chi connectivity index (χ2v) is 7.34. The second-order valence-electron chi connectivity index (χ2n) is 6.42. The Morgan fingerprint density at radius 3 is 2.00 bits per heavy atom. The predicted octanol–water partition coefficient (Wildman–Crippen LogP) is 5.08. The highest BCUT2D eigenvalue weighted by atomic mass is 79.9. The summed E-state index contributed by atoms with van der Waals surface area (Å²) >= 11 is 3.36. The Balaban J connectivity index is 1.94. The molecule has 0 aromatic heterocycles. The average Bonchev–Trinajstić information content (AvgIpc) is 3.00. The van der Waals surface area contributed by atoms with Gasteiger partial charge in [0.25, 0.3) is 11.7 Å². The van der Waals surface area contributed by atoms with Crippen LogP contribution in [-0.2, 0) is 9.59 Å². The van der Waals surface area contributed by atoms with Crippen molar-refractivity contribution in [1.82, 2.24) is 0 Å². The standard InChI is InChI=1S/C23H16BrNO3/c24-17-13-11-16(12-14-17)21(26)19-20(15-7-3-1-4-8-15)25(23(28)22(19)27)18-9-5-2-6-10-18/h1-14,20,26H/b21-19-. The number of amides is 1. The van der Waals surface area contributed by atoms with Gasteiger partial charge in [-0.2, -0.15) is 0 Å². The summed E-state index contributed by atoms with van der Waals surface area (Å²) in [4.78, 5) is 27.3. The number of carbonyl (C=O) groups excluding carboxylic acids is 2. The normalized spacial score (nSPS) is 18.5. The Bertz CT molecular complexity index is 1060. The number of nitrogens with zero attached hydrogens (tertiary/aromatic N) is 1. The SMILES string of the molecule is O=C1C(=O)N(c2ccccc2)C(c2ccccc2)/C1=C(/O)c1ccc(Br)cc1. The van der Waals surface area contributed by atoms with E-state index in [1.165, 1.54) is 4.90 Å². The Labute approximate surface area is 170 Å². The highest BCUT2D eigenvalue weighted by Crippen LogP contribution is 2.41. The fourth-order valence-electron chi connectivity index (χ4n) is 3.40. The molecule has 0 bridgehead atoms. The zero-order valence-corrected chi connectivity index (χ0v) is 16.3. The molecule has 1 N–H and O–H groups in total. The fraction of sp³-hybridized carbons (Fsp3) is 0.0435. The first-order chi connectivity index (χ1) is 13.6. The van der Waals surface area contributed by atoms with E-state index in [1.54, 1.807) is 36.4 Å². The lowest BCUT2D eigenvalue weighted by molar-refractivity contribution is -0.132. The van der Waals surface area contributed by atoms with Crippen LogP contribution in [0.15, 0.2) is 95.0 Å². The minimum absolute atomic E-state index is 0.0855. The lowest BCUT2D eigenvalue weighted by Crippen LogP contribution is -2.29. The summed E-state index contributed by atoms with van der Waals surface area (Å²) in [5, 5.41) is 11.0. The molecule has 4 rings (SSSR count). The molecule has 1 amide bonds. The number of ketones is 1. The summed E-state index contributed by atoms with van der Waals surface area (Å²) in [5.41, 5.74) is 1.93. The fourth-order valence-corrected chi connectivity index (χ4v) is 3.67. The number of aliphatic hydroxyl groups is 1. The van der Waals surface area contributed by atoms with Crippen molar-refractivity contribution in [3.63, 3.8) is 0 Å². The highest BCUT2D eigenvalue weighted by Gasteiger charge is 2.46. The zero-order valence-electron chi connectivity index (χ0n) is 14.7. The van der Waals surface area contributed by atoms with Gasteiger partial charge in [0.15, 0.2) is 0 Å². The van der Waals surface area contributed by atoms with E-state index in [2.05, 4.69) is 15.9 Å². The van der Waals surface area contributed by atoms with Crippen LogP contribution in [0.1, 0.15) is 17.2 Å². The van der Waals surface area contributed by atoms with Gasteiger partial charge in [-0.25, -0.2) is 0 Å². The first-order valence-corrected chi connectivity index (χ1v) is 9.54. The Morgan fingerprint density at radius 2 is 1.39 bits per heavy atom. The number of benzene rings is 3. The number of aliphatic hydroxyl groups excluding tert-OH is 1. The number of Topliss-reactive ketones (excluding diaryl/α,β-unsaturated/α-hetero) is 1. The summed E-state index contributed by atoms with van der Waals surface area (Å²) in [5.74, 6) is -1.53. The van der Waals surface area contributed by atoms with E-state index in [9.17, 15) is 14.7 Å². The quantitative estimate of drug-likeness (QED) is 0.356. The third-order valence-corrected chi connectivity index (χ3v) is 5.24. The van der Waals surface area contributed by atoms with Crippen molar-refractivity contribution in [2.24, 2.45) is 0 Å². The molecule has 1 fully saturated rings. The van der Waals surface area contributed by atoms with Crippen molar-refractivity contribution < 1.29 is 14.7 Å². The van der Waals surface area contributed by atoms with E-state index in [4.69, 9.17) is 0 Å². The van der Waals surface area contributed by atoms with Gasteiger partial charge in [0, 0.05) is 15.7 Å². The van der Waals surface area contributed by atoms with Crippen molar-refractivity contribution in [2.75, 3.05) is 4.90 Å². The number of para-hydroxylation sites is 1. The molecule has 1 heterocycles. The summed E-state index contributed by atoms with van der Waals surface area (Å²) in [6.45, 7) is 0. The van der Waals surface area contributed by atoms with Crippen molar-refractivity contribution in [1.29, 1.82) is 0 Å².